The summed E-state index contributed by atoms with van der Waals surface area (Å²) >= 11 is 0. The second-order valence-corrected chi connectivity index (χ2v) is 3.32. The van der Waals surface area contributed by atoms with Gasteiger partial charge in [0.05, 0.1) is 6.61 Å². The minimum Gasteiger partial charge on any atom is -0.486 e. The number of rotatable bonds is 3. The number of ether oxygens (including phenoxy) is 2. The molecule has 2 N–H and O–H groups in total. The van der Waals surface area contributed by atoms with E-state index in [1.807, 2.05) is 0 Å². The van der Waals surface area contributed by atoms with Crippen molar-refractivity contribution in [2.75, 3.05) is 13.2 Å². The van der Waals surface area contributed by atoms with Crippen molar-refractivity contribution in [3.63, 3.8) is 0 Å². The van der Waals surface area contributed by atoms with E-state index in [-0.39, 0.29) is 12.2 Å². The molecule has 0 fully saturated rings. The Bertz CT molecular complexity index is 385. The maximum atomic E-state index is 12.6. The first-order chi connectivity index (χ1) is 7.72. The highest BCUT2D eigenvalue weighted by Gasteiger charge is 2.20. The van der Waals surface area contributed by atoms with Crippen LogP contribution in [0.5, 0.6) is 11.5 Å². The van der Waals surface area contributed by atoms with Crippen LogP contribution in [0, 0.1) is 0 Å². The molecule has 4 nitrogen and oxygen atoms in total. The van der Waals surface area contributed by atoms with Gasteiger partial charge in [0.25, 0.3) is 6.43 Å². The third kappa shape index (κ3) is 2.07. The lowest BCUT2D eigenvalue weighted by Gasteiger charge is -2.21. The summed E-state index contributed by atoms with van der Waals surface area (Å²) in [6, 6.07) is 2.59. The van der Waals surface area contributed by atoms with Gasteiger partial charge in [0, 0.05) is 11.1 Å². The molecule has 0 radical (unpaired) electrons. The largest absolute Gasteiger partial charge is 0.486 e. The number of halogens is 2. The zero-order valence-electron chi connectivity index (χ0n) is 8.41. The molecule has 88 valence electrons. The van der Waals surface area contributed by atoms with E-state index >= 15 is 0 Å². The minimum absolute atomic E-state index is 0.00620. The maximum Gasteiger partial charge on any atom is 0.263 e. The van der Waals surface area contributed by atoms with Crippen LogP contribution in [0.4, 0.5) is 8.78 Å². The molecular weight excluding hydrogens is 220 g/mol. The first-order valence-electron chi connectivity index (χ1n) is 4.74. The van der Waals surface area contributed by atoms with Gasteiger partial charge < -0.3 is 9.47 Å². The van der Waals surface area contributed by atoms with Crippen molar-refractivity contribution >= 4 is 0 Å². The fourth-order valence-electron chi connectivity index (χ4n) is 1.57. The summed E-state index contributed by atoms with van der Waals surface area (Å²) in [6.45, 7) is 0.744. The quantitative estimate of drug-likeness (QED) is 0.806. The van der Waals surface area contributed by atoms with Crippen LogP contribution in [0.25, 0.3) is 0 Å². The SMILES string of the molecule is NOCc1cc(C(F)F)cc2c1OCCO2. The first-order valence-corrected chi connectivity index (χ1v) is 4.74. The van der Waals surface area contributed by atoms with Gasteiger partial charge >= 0.3 is 0 Å². The van der Waals surface area contributed by atoms with Gasteiger partial charge in [-0.2, -0.15) is 0 Å². The number of fused-ring (bicyclic) bond motifs is 1. The molecule has 1 heterocycles. The molecule has 0 unspecified atom stereocenters. The molecule has 1 aliphatic heterocycles. The van der Waals surface area contributed by atoms with Gasteiger partial charge in [-0.15, -0.1) is 0 Å². The molecule has 0 saturated heterocycles. The zero-order valence-corrected chi connectivity index (χ0v) is 8.41. The second-order valence-electron chi connectivity index (χ2n) is 3.32. The maximum absolute atomic E-state index is 12.6. The van der Waals surface area contributed by atoms with E-state index < -0.39 is 6.43 Å². The van der Waals surface area contributed by atoms with Gasteiger partial charge in [0.2, 0.25) is 0 Å². The number of nitrogens with two attached hydrogens (primary N) is 1. The van der Waals surface area contributed by atoms with Gasteiger partial charge in [0.15, 0.2) is 11.5 Å². The third-order valence-electron chi connectivity index (χ3n) is 2.23. The molecule has 1 aliphatic rings. The Morgan fingerprint density at radius 2 is 2.06 bits per heavy atom. The van der Waals surface area contributed by atoms with E-state index in [4.69, 9.17) is 15.4 Å². The molecule has 0 spiro atoms. The lowest BCUT2D eigenvalue weighted by Crippen LogP contribution is -2.17. The molecule has 0 bridgehead atoms. The monoisotopic (exact) mass is 231 g/mol. The summed E-state index contributed by atoms with van der Waals surface area (Å²) in [7, 11) is 0. The summed E-state index contributed by atoms with van der Waals surface area (Å²) in [5, 5.41) is 0. The second kappa shape index (κ2) is 4.63. The Kier molecular flexibility index (Phi) is 3.21. The minimum atomic E-state index is -2.56. The van der Waals surface area contributed by atoms with Crippen molar-refractivity contribution in [3.05, 3.63) is 23.3 Å². The normalized spacial score (nSPS) is 14.2. The van der Waals surface area contributed by atoms with Crippen molar-refractivity contribution < 1.29 is 23.1 Å². The number of benzene rings is 1. The van der Waals surface area contributed by atoms with Crippen molar-refractivity contribution in [2.24, 2.45) is 5.90 Å². The highest BCUT2D eigenvalue weighted by molar-refractivity contribution is 5.50. The summed E-state index contributed by atoms with van der Waals surface area (Å²) < 4.78 is 35.8. The molecule has 0 aromatic heterocycles. The van der Waals surface area contributed by atoms with Crippen LogP contribution in [0.15, 0.2) is 12.1 Å². The summed E-state index contributed by atoms with van der Waals surface area (Å²) in [6.07, 6.45) is -2.56. The highest BCUT2D eigenvalue weighted by atomic mass is 19.3. The Balaban J connectivity index is 2.43. The molecule has 2 rings (SSSR count). The number of alkyl halides is 2. The van der Waals surface area contributed by atoms with Crippen molar-refractivity contribution in [3.8, 4) is 11.5 Å². The third-order valence-corrected chi connectivity index (χ3v) is 2.23. The van der Waals surface area contributed by atoms with Crippen molar-refractivity contribution in [1.29, 1.82) is 0 Å². The zero-order chi connectivity index (χ0) is 11.5. The van der Waals surface area contributed by atoms with Crippen LogP contribution >= 0.6 is 0 Å². The molecular formula is C10H11F2NO3. The van der Waals surface area contributed by atoms with Crippen LogP contribution < -0.4 is 15.4 Å². The van der Waals surface area contributed by atoms with E-state index in [0.717, 1.165) is 0 Å². The van der Waals surface area contributed by atoms with Crippen molar-refractivity contribution in [2.45, 2.75) is 13.0 Å². The molecule has 0 atom stereocenters. The predicted octanol–water partition coefficient (Wildman–Crippen LogP) is 1.79. The summed E-state index contributed by atoms with van der Waals surface area (Å²) in [4.78, 5) is 4.45. The van der Waals surface area contributed by atoms with Gasteiger partial charge in [-0.3, -0.25) is 4.84 Å². The van der Waals surface area contributed by atoms with E-state index in [0.29, 0.717) is 30.3 Å². The van der Waals surface area contributed by atoms with Gasteiger partial charge in [-0.25, -0.2) is 14.7 Å². The fourth-order valence-corrected chi connectivity index (χ4v) is 1.57. The number of hydrogen-bond donors (Lipinski definition) is 1. The molecule has 0 amide bonds. The van der Waals surface area contributed by atoms with Crippen LogP contribution in [-0.4, -0.2) is 13.2 Å². The van der Waals surface area contributed by atoms with Crippen LogP contribution in [0.1, 0.15) is 17.6 Å². The first kappa shape index (κ1) is 11.1. The highest BCUT2D eigenvalue weighted by Crippen LogP contribution is 2.38. The Hall–Kier alpha value is -1.40. The van der Waals surface area contributed by atoms with Crippen LogP contribution in [0.3, 0.4) is 0 Å². The topological polar surface area (TPSA) is 53.7 Å². The molecule has 6 heteroatoms. The average Bonchev–Trinajstić information content (AvgIpc) is 2.29. The lowest BCUT2D eigenvalue weighted by atomic mass is 10.1. The summed E-state index contributed by atoms with van der Waals surface area (Å²) in [5.74, 6) is 5.68. The predicted molar refractivity (Wildman–Crippen MR) is 51.4 cm³/mol. The van der Waals surface area contributed by atoms with E-state index in [2.05, 4.69) is 4.84 Å². The molecule has 0 aliphatic carbocycles. The Labute approximate surface area is 90.9 Å². The van der Waals surface area contributed by atoms with Gasteiger partial charge in [0.1, 0.15) is 13.2 Å². The van der Waals surface area contributed by atoms with Gasteiger partial charge in [-0.1, -0.05) is 0 Å². The standard InChI is InChI=1S/C10H11F2NO3/c11-10(12)6-3-7(5-16-13)9-8(4-6)14-1-2-15-9/h3-4,10H,1-2,5,13H2. The summed E-state index contributed by atoms with van der Waals surface area (Å²) in [5.41, 5.74) is 0.339. The Morgan fingerprint density at radius 3 is 2.75 bits per heavy atom. The molecule has 0 saturated carbocycles. The molecule has 1 aromatic rings. The lowest BCUT2D eigenvalue weighted by molar-refractivity contribution is 0.113. The van der Waals surface area contributed by atoms with E-state index in [1.165, 1.54) is 12.1 Å². The van der Waals surface area contributed by atoms with E-state index in [1.54, 1.807) is 0 Å². The van der Waals surface area contributed by atoms with E-state index in [9.17, 15) is 8.78 Å². The molecule has 1 aromatic carbocycles. The average molecular weight is 231 g/mol. The number of hydrogen-bond acceptors (Lipinski definition) is 4. The van der Waals surface area contributed by atoms with Gasteiger partial charge in [-0.05, 0) is 12.1 Å². The molecule has 16 heavy (non-hydrogen) atoms. The fraction of sp³-hybridized carbons (Fsp3) is 0.400. The van der Waals surface area contributed by atoms with Crippen LogP contribution in [0.2, 0.25) is 0 Å². The van der Waals surface area contributed by atoms with Crippen LogP contribution in [-0.2, 0) is 11.4 Å². The Morgan fingerprint density at radius 1 is 1.31 bits per heavy atom. The smallest absolute Gasteiger partial charge is 0.263 e. The van der Waals surface area contributed by atoms with Crippen molar-refractivity contribution in [1.82, 2.24) is 0 Å².